The van der Waals surface area contributed by atoms with Gasteiger partial charge in [0.1, 0.15) is 5.82 Å². The minimum absolute atomic E-state index is 0.0437. The Morgan fingerprint density at radius 2 is 1.92 bits per heavy atom. The number of aryl methyl sites for hydroxylation is 1. The lowest BCUT2D eigenvalue weighted by atomic mass is 10.1. The lowest BCUT2D eigenvalue weighted by Gasteiger charge is -2.17. The summed E-state index contributed by atoms with van der Waals surface area (Å²) < 4.78 is 10.7. The molecule has 0 radical (unpaired) electrons. The molecule has 0 unspecified atom stereocenters. The average Bonchev–Trinajstić information content (AvgIpc) is 3.36. The van der Waals surface area contributed by atoms with E-state index in [-0.39, 0.29) is 12.7 Å². The van der Waals surface area contributed by atoms with Gasteiger partial charge >= 0.3 is 0 Å². The Bertz CT molecular complexity index is 788. The molecule has 0 bridgehead atoms. The Balaban J connectivity index is 1.27. The van der Waals surface area contributed by atoms with Gasteiger partial charge in [-0.3, -0.25) is 4.79 Å². The highest BCUT2D eigenvalue weighted by molar-refractivity contribution is 5.76. The highest BCUT2D eigenvalue weighted by Gasteiger charge is 2.15. The number of rotatable bonds is 6. The summed E-state index contributed by atoms with van der Waals surface area (Å²) in [6.45, 7) is 2.94. The van der Waals surface area contributed by atoms with E-state index in [0.29, 0.717) is 19.4 Å². The van der Waals surface area contributed by atoms with Gasteiger partial charge in [-0.1, -0.05) is 6.07 Å². The van der Waals surface area contributed by atoms with Crippen molar-refractivity contribution in [2.75, 3.05) is 24.8 Å². The molecule has 0 aliphatic carbocycles. The number of carbonyl (C=O) groups is 1. The molecular formula is C20H23N3O3. The third-order valence-corrected chi connectivity index (χ3v) is 4.81. The fourth-order valence-electron chi connectivity index (χ4n) is 3.33. The first-order valence-corrected chi connectivity index (χ1v) is 9.13. The first-order chi connectivity index (χ1) is 12.8. The van der Waals surface area contributed by atoms with E-state index in [9.17, 15) is 4.79 Å². The number of pyridine rings is 1. The topological polar surface area (TPSA) is 63.7 Å². The molecule has 2 aromatic rings. The van der Waals surface area contributed by atoms with Crippen LogP contribution in [-0.4, -0.2) is 30.8 Å². The van der Waals surface area contributed by atoms with Gasteiger partial charge in [-0.25, -0.2) is 4.98 Å². The predicted molar refractivity (Wildman–Crippen MR) is 98.4 cm³/mol. The van der Waals surface area contributed by atoms with Gasteiger partial charge in [-0.15, -0.1) is 0 Å². The van der Waals surface area contributed by atoms with Crippen LogP contribution in [0.25, 0.3) is 0 Å². The maximum atomic E-state index is 12.2. The summed E-state index contributed by atoms with van der Waals surface area (Å²) in [6.07, 6.45) is 5.40. The smallest absolute Gasteiger partial charge is 0.231 e. The monoisotopic (exact) mass is 353 g/mol. The second-order valence-electron chi connectivity index (χ2n) is 6.68. The van der Waals surface area contributed by atoms with Gasteiger partial charge in [0.15, 0.2) is 11.5 Å². The van der Waals surface area contributed by atoms with Crippen LogP contribution in [0.3, 0.4) is 0 Å². The van der Waals surface area contributed by atoms with Crippen LogP contribution in [0.5, 0.6) is 11.5 Å². The molecule has 6 nitrogen and oxygen atoms in total. The summed E-state index contributed by atoms with van der Waals surface area (Å²) >= 11 is 0. The first-order valence-electron chi connectivity index (χ1n) is 9.13. The largest absolute Gasteiger partial charge is 0.454 e. The van der Waals surface area contributed by atoms with Gasteiger partial charge in [-0.2, -0.15) is 0 Å². The van der Waals surface area contributed by atoms with Gasteiger partial charge in [0, 0.05) is 32.3 Å². The van der Waals surface area contributed by atoms with E-state index < -0.39 is 0 Å². The molecule has 0 saturated carbocycles. The highest BCUT2D eigenvalue weighted by Crippen LogP contribution is 2.32. The second-order valence-corrected chi connectivity index (χ2v) is 6.68. The summed E-state index contributed by atoms with van der Waals surface area (Å²) in [5.41, 5.74) is 2.16. The van der Waals surface area contributed by atoms with Gasteiger partial charge < -0.3 is 19.7 Å². The van der Waals surface area contributed by atoms with Crippen molar-refractivity contribution in [2.24, 2.45) is 0 Å². The number of carbonyl (C=O) groups excluding carboxylic acids is 1. The van der Waals surface area contributed by atoms with Gasteiger partial charge in [-0.05, 0) is 54.7 Å². The van der Waals surface area contributed by atoms with Crippen molar-refractivity contribution in [3.8, 4) is 11.5 Å². The maximum absolute atomic E-state index is 12.2. The van der Waals surface area contributed by atoms with E-state index in [0.717, 1.165) is 41.5 Å². The Hall–Kier alpha value is -2.76. The molecule has 1 amide bonds. The molecular weight excluding hydrogens is 330 g/mol. The molecule has 3 heterocycles. The molecule has 2 aliphatic heterocycles. The van der Waals surface area contributed by atoms with Crippen molar-refractivity contribution < 1.29 is 14.3 Å². The van der Waals surface area contributed by atoms with Crippen LogP contribution in [0, 0.1) is 0 Å². The summed E-state index contributed by atoms with van der Waals surface area (Å²) in [5.74, 6) is 2.58. The number of nitrogens with one attached hydrogen (secondary N) is 1. The number of fused-ring (bicyclic) bond motifs is 1. The van der Waals surface area contributed by atoms with Crippen LogP contribution in [0.2, 0.25) is 0 Å². The second kappa shape index (κ2) is 7.64. The lowest BCUT2D eigenvalue weighted by Crippen LogP contribution is -2.24. The van der Waals surface area contributed by atoms with Gasteiger partial charge in [0.05, 0.1) is 0 Å². The van der Waals surface area contributed by atoms with Crippen molar-refractivity contribution in [3.05, 3.63) is 47.7 Å². The highest BCUT2D eigenvalue weighted by atomic mass is 16.7. The number of hydrogen-bond donors (Lipinski definition) is 1. The molecule has 4 rings (SSSR count). The van der Waals surface area contributed by atoms with E-state index in [1.165, 1.54) is 12.8 Å². The minimum Gasteiger partial charge on any atom is -0.454 e. The van der Waals surface area contributed by atoms with Crippen molar-refractivity contribution in [3.63, 3.8) is 0 Å². The Kier molecular flexibility index (Phi) is 4.91. The van der Waals surface area contributed by atoms with E-state index in [1.54, 1.807) is 0 Å². The van der Waals surface area contributed by atoms with Crippen molar-refractivity contribution in [2.45, 2.75) is 32.2 Å². The Morgan fingerprint density at radius 1 is 1.08 bits per heavy atom. The van der Waals surface area contributed by atoms with E-state index in [4.69, 9.17) is 9.47 Å². The summed E-state index contributed by atoms with van der Waals surface area (Å²) in [6, 6.07) is 9.85. The molecule has 1 aromatic carbocycles. The minimum atomic E-state index is 0.0437. The number of aromatic nitrogens is 1. The van der Waals surface area contributed by atoms with Gasteiger partial charge in [0.25, 0.3) is 0 Å². The van der Waals surface area contributed by atoms with Crippen LogP contribution in [0.1, 0.15) is 30.4 Å². The number of amides is 1. The quantitative estimate of drug-likeness (QED) is 0.865. The van der Waals surface area contributed by atoms with Crippen molar-refractivity contribution in [1.29, 1.82) is 0 Å². The number of benzene rings is 1. The Morgan fingerprint density at radius 3 is 2.81 bits per heavy atom. The average molecular weight is 353 g/mol. The maximum Gasteiger partial charge on any atom is 0.231 e. The fourth-order valence-corrected chi connectivity index (χ4v) is 3.33. The van der Waals surface area contributed by atoms with Crippen LogP contribution < -0.4 is 19.7 Å². The third kappa shape index (κ3) is 3.90. The van der Waals surface area contributed by atoms with E-state index in [1.807, 2.05) is 30.5 Å². The van der Waals surface area contributed by atoms with Gasteiger partial charge in [0.2, 0.25) is 12.7 Å². The number of anilines is 1. The standard InChI is InChI=1S/C20H23N3O3/c24-20(6-4-15-3-5-17-18(11-15)26-14-25-17)22-13-16-7-8-21-19(12-16)23-9-1-2-10-23/h3,5,7-8,11-12H,1-2,4,6,9-10,13-14H2,(H,22,24). The summed E-state index contributed by atoms with van der Waals surface area (Å²) in [5, 5.41) is 3.00. The zero-order valence-corrected chi connectivity index (χ0v) is 14.7. The zero-order chi connectivity index (χ0) is 17.8. The molecule has 136 valence electrons. The van der Waals surface area contributed by atoms with Crippen LogP contribution in [-0.2, 0) is 17.8 Å². The molecule has 0 atom stereocenters. The van der Waals surface area contributed by atoms with Crippen molar-refractivity contribution >= 4 is 11.7 Å². The fraction of sp³-hybridized carbons (Fsp3) is 0.400. The van der Waals surface area contributed by atoms with Crippen LogP contribution in [0.4, 0.5) is 5.82 Å². The predicted octanol–water partition coefficient (Wildman–Crippen LogP) is 2.66. The Labute approximate surface area is 153 Å². The SMILES string of the molecule is O=C(CCc1ccc2c(c1)OCO2)NCc1ccnc(N2CCCC2)c1. The molecule has 1 fully saturated rings. The molecule has 1 N–H and O–H groups in total. The van der Waals surface area contributed by atoms with E-state index in [2.05, 4.69) is 21.3 Å². The van der Waals surface area contributed by atoms with E-state index >= 15 is 0 Å². The molecule has 26 heavy (non-hydrogen) atoms. The zero-order valence-electron chi connectivity index (χ0n) is 14.7. The molecule has 1 saturated heterocycles. The molecule has 0 spiro atoms. The lowest BCUT2D eigenvalue weighted by molar-refractivity contribution is -0.121. The molecule has 1 aromatic heterocycles. The van der Waals surface area contributed by atoms with Crippen LogP contribution in [0.15, 0.2) is 36.5 Å². The summed E-state index contributed by atoms with van der Waals surface area (Å²) in [7, 11) is 0. The first kappa shape index (κ1) is 16.7. The van der Waals surface area contributed by atoms with Crippen LogP contribution >= 0.6 is 0 Å². The molecule has 6 heteroatoms. The normalized spacial score (nSPS) is 15.3. The summed E-state index contributed by atoms with van der Waals surface area (Å²) in [4.78, 5) is 18.9. The number of nitrogens with zero attached hydrogens (tertiary/aromatic N) is 2. The van der Waals surface area contributed by atoms with Crippen molar-refractivity contribution in [1.82, 2.24) is 10.3 Å². The molecule has 2 aliphatic rings. The number of hydrogen-bond acceptors (Lipinski definition) is 5. The number of ether oxygens (including phenoxy) is 2. The third-order valence-electron chi connectivity index (χ3n) is 4.81.